The van der Waals surface area contributed by atoms with Gasteiger partial charge in [-0.2, -0.15) is 0 Å². The first-order valence-electron chi connectivity index (χ1n) is 9.90. The number of fused-ring (bicyclic) bond motifs is 1. The van der Waals surface area contributed by atoms with Crippen LogP contribution in [0.2, 0.25) is 0 Å². The van der Waals surface area contributed by atoms with Gasteiger partial charge in [-0.15, -0.1) is 0 Å². The molecule has 28 heavy (non-hydrogen) atoms. The van der Waals surface area contributed by atoms with E-state index in [1.54, 1.807) is 6.20 Å². The van der Waals surface area contributed by atoms with Crippen molar-refractivity contribution in [2.24, 2.45) is 0 Å². The average Bonchev–Trinajstić information content (AvgIpc) is 3.13. The first-order chi connectivity index (χ1) is 13.6. The van der Waals surface area contributed by atoms with Crippen LogP contribution in [0, 0.1) is 0 Å². The van der Waals surface area contributed by atoms with Crippen LogP contribution in [0.1, 0.15) is 29.2 Å². The van der Waals surface area contributed by atoms with Crippen molar-refractivity contribution >= 4 is 17.5 Å². The maximum atomic E-state index is 12.8. The zero-order valence-corrected chi connectivity index (χ0v) is 16.2. The highest BCUT2D eigenvalue weighted by Crippen LogP contribution is 2.32. The number of aromatic nitrogens is 1. The van der Waals surface area contributed by atoms with Crippen LogP contribution < -0.4 is 5.32 Å². The summed E-state index contributed by atoms with van der Waals surface area (Å²) in [5.74, 6) is -0.0858. The molecule has 1 fully saturated rings. The highest BCUT2D eigenvalue weighted by Gasteiger charge is 2.29. The Bertz CT molecular complexity index is 874. The molecule has 1 N–H and O–H groups in total. The second kappa shape index (κ2) is 8.10. The maximum absolute atomic E-state index is 12.8. The van der Waals surface area contributed by atoms with Gasteiger partial charge < -0.3 is 15.1 Å². The topological polar surface area (TPSA) is 65.5 Å². The molecule has 1 unspecified atom stereocenters. The molecule has 146 valence electrons. The first kappa shape index (κ1) is 18.6. The minimum atomic E-state index is -0.202. The van der Waals surface area contributed by atoms with E-state index in [0.29, 0.717) is 6.42 Å². The summed E-state index contributed by atoms with van der Waals surface area (Å²) in [7, 11) is 2.08. The highest BCUT2D eigenvalue weighted by molar-refractivity contribution is 5.96. The molecule has 1 aromatic heterocycles. The summed E-state index contributed by atoms with van der Waals surface area (Å²) in [5, 5.41) is 3.01. The van der Waals surface area contributed by atoms with Crippen molar-refractivity contribution in [1.82, 2.24) is 14.8 Å². The number of anilines is 1. The Hall–Kier alpha value is -2.73. The van der Waals surface area contributed by atoms with Crippen molar-refractivity contribution < 1.29 is 9.59 Å². The summed E-state index contributed by atoms with van der Waals surface area (Å²) in [6, 6.07) is 11.6. The van der Waals surface area contributed by atoms with Gasteiger partial charge in [0.15, 0.2) is 0 Å². The summed E-state index contributed by atoms with van der Waals surface area (Å²) in [5.41, 5.74) is 3.71. The third-order valence-corrected chi connectivity index (χ3v) is 5.68. The second-order valence-corrected chi connectivity index (χ2v) is 7.69. The summed E-state index contributed by atoms with van der Waals surface area (Å²) in [6.07, 6.45) is 3.79. The van der Waals surface area contributed by atoms with Gasteiger partial charge in [-0.25, -0.2) is 0 Å². The van der Waals surface area contributed by atoms with Crippen LogP contribution >= 0.6 is 0 Å². The van der Waals surface area contributed by atoms with E-state index in [0.717, 1.165) is 61.5 Å². The van der Waals surface area contributed by atoms with Crippen LogP contribution in [-0.2, 0) is 22.4 Å². The number of amides is 2. The van der Waals surface area contributed by atoms with Crippen LogP contribution in [0.25, 0.3) is 0 Å². The minimum Gasteiger partial charge on any atom is -0.340 e. The normalized spacial score (nSPS) is 19.3. The number of pyridine rings is 1. The third-order valence-electron chi connectivity index (χ3n) is 5.68. The Kier molecular flexibility index (Phi) is 5.39. The lowest BCUT2D eigenvalue weighted by molar-refractivity contribution is -0.132. The molecule has 0 bridgehead atoms. The first-order valence-corrected chi connectivity index (χ1v) is 9.90. The molecule has 4 rings (SSSR count). The smallest absolute Gasteiger partial charge is 0.233 e. The highest BCUT2D eigenvalue weighted by atomic mass is 16.2. The Morgan fingerprint density at radius 3 is 2.79 bits per heavy atom. The van der Waals surface area contributed by atoms with E-state index in [2.05, 4.69) is 22.2 Å². The van der Waals surface area contributed by atoms with Gasteiger partial charge in [0, 0.05) is 38.1 Å². The van der Waals surface area contributed by atoms with Crippen molar-refractivity contribution in [2.45, 2.75) is 25.2 Å². The Morgan fingerprint density at radius 2 is 1.96 bits per heavy atom. The van der Waals surface area contributed by atoms with Gasteiger partial charge in [-0.3, -0.25) is 14.6 Å². The number of benzene rings is 1. The number of carbonyl (C=O) groups is 2. The largest absolute Gasteiger partial charge is 0.340 e. The van der Waals surface area contributed by atoms with E-state index in [1.165, 1.54) is 0 Å². The van der Waals surface area contributed by atoms with Crippen molar-refractivity contribution in [2.75, 3.05) is 38.5 Å². The predicted molar refractivity (Wildman–Crippen MR) is 108 cm³/mol. The Morgan fingerprint density at radius 1 is 1.14 bits per heavy atom. The molecule has 2 amide bonds. The molecule has 0 saturated carbocycles. The average molecular weight is 378 g/mol. The van der Waals surface area contributed by atoms with Crippen molar-refractivity contribution in [1.29, 1.82) is 0 Å². The predicted octanol–water partition coefficient (Wildman–Crippen LogP) is 2.07. The van der Waals surface area contributed by atoms with Crippen LogP contribution in [0.15, 0.2) is 42.6 Å². The number of rotatable bonds is 4. The second-order valence-electron chi connectivity index (χ2n) is 7.69. The molecular weight excluding hydrogens is 352 g/mol. The monoisotopic (exact) mass is 378 g/mol. The number of likely N-dealkylation sites (N-methyl/N-ethyl adjacent to an activating group) is 1. The van der Waals surface area contributed by atoms with Gasteiger partial charge >= 0.3 is 0 Å². The molecule has 2 aromatic rings. The number of carbonyl (C=O) groups excluding carboxylic acids is 2. The van der Waals surface area contributed by atoms with Crippen LogP contribution in [0.3, 0.4) is 0 Å². The SMILES string of the molecule is CN1CCN(C(=O)Cc2cccc(NC(=O)C3CCc4cccnc43)c2)CC1. The van der Waals surface area contributed by atoms with Gasteiger partial charge in [0.2, 0.25) is 11.8 Å². The number of hydrogen-bond acceptors (Lipinski definition) is 4. The van der Waals surface area contributed by atoms with Crippen molar-refractivity contribution in [3.63, 3.8) is 0 Å². The van der Waals surface area contributed by atoms with E-state index >= 15 is 0 Å². The summed E-state index contributed by atoms with van der Waals surface area (Å²) in [4.78, 5) is 33.9. The third kappa shape index (κ3) is 4.07. The summed E-state index contributed by atoms with van der Waals surface area (Å²) < 4.78 is 0. The number of nitrogens with zero attached hydrogens (tertiary/aromatic N) is 3. The summed E-state index contributed by atoms with van der Waals surface area (Å²) in [6.45, 7) is 3.39. The zero-order chi connectivity index (χ0) is 19.5. The fourth-order valence-corrected chi connectivity index (χ4v) is 4.00. The quantitative estimate of drug-likeness (QED) is 0.885. The zero-order valence-electron chi connectivity index (χ0n) is 16.2. The molecule has 1 aliphatic carbocycles. The van der Waals surface area contributed by atoms with Crippen LogP contribution in [0.5, 0.6) is 0 Å². The lowest BCUT2D eigenvalue weighted by Gasteiger charge is -2.32. The fourth-order valence-electron chi connectivity index (χ4n) is 4.00. The van der Waals surface area contributed by atoms with Crippen LogP contribution in [0.4, 0.5) is 5.69 Å². The standard InChI is InChI=1S/C22H26N4O2/c1-25-10-12-26(13-11-25)20(27)15-16-4-2-6-18(14-16)24-22(28)19-8-7-17-5-3-9-23-21(17)19/h2-6,9,14,19H,7-8,10-13,15H2,1H3,(H,24,28). The van der Waals surface area contributed by atoms with E-state index < -0.39 is 0 Å². The molecule has 6 heteroatoms. The van der Waals surface area contributed by atoms with E-state index in [-0.39, 0.29) is 17.7 Å². The lowest BCUT2D eigenvalue weighted by atomic mass is 10.1. The maximum Gasteiger partial charge on any atom is 0.233 e. The number of aryl methyl sites for hydroxylation is 1. The molecule has 1 aromatic carbocycles. The Balaban J connectivity index is 1.39. The molecule has 1 saturated heterocycles. The Labute approximate surface area is 165 Å². The molecule has 0 spiro atoms. The minimum absolute atomic E-state index is 0.0278. The number of piperazine rings is 1. The molecule has 2 aliphatic rings. The van der Waals surface area contributed by atoms with Gasteiger partial charge in [0.1, 0.15) is 0 Å². The van der Waals surface area contributed by atoms with E-state index in [4.69, 9.17) is 0 Å². The fraction of sp³-hybridized carbons (Fsp3) is 0.409. The number of nitrogens with one attached hydrogen (secondary N) is 1. The number of hydrogen-bond donors (Lipinski definition) is 1. The van der Waals surface area contributed by atoms with Crippen molar-refractivity contribution in [3.8, 4) is 0 Å². The molecule has 1 aliphatic heterocycles. The summed E-state index contributed by atoms with van der Waals surface area (Å²) >= 11 is 0. The van der Waals surface area contributed by atoms with Gasteiger partial charge in [0.05, 0.1) is 18.0 Å². The van der Waals surface area contributed by atoms with Crippen LogP contribution in [-0.4, -0.2) is 59.8 Å². The molecule has 2 heterocycles. The molecule has 1 atom stereocenters. The molecular formula is C22H26N4O2. The van der Waals surface area contributed by atoms with Gasteiger partial charge in [-0.1, -0.05) is 18.2 Å². The van der Waals surface area contributed by atoms with Crippen molar-refractivity contribution in [3.05, 3.63) is 59.4 Å². The van der Waals surface area contributed by atoms with E-state index in [9.17, 15) is 9.59 Å². The van der Waals surface area contributed by atoms with E-state index in [1.807, 2.05) is 41.3 Å². The van der Waals surface area contributed by atoms with Gasteiger partial charge in [-0.05, 0) is 49.2 Å². The molecule has 0 radical (unpaired) electrons. The lowest BCUT2D eigenvalue weighted by Crippen LogP contribution is -2.47. The van der Waals surface area contributed by atoms with Gasteiger partial charge in [0.25, 0.3) is 0 Å². The molecule has 6 nitrogen and oxygen atoms in total.